The Morgan fingerprint density at radius 1 is 1.14 bits per heavy atom. The third-order valence-corrected chi connectivity index (χ3v) is 3.44. The second kappa shape index (κ2) is 6.78. The zero-order valence-electron chi connectivity index (χ0n) is 11.2. The maximum absolute atomic E-state index is 13.0. The molecule has 0 aromatic heterocycles. The van der Waals surface area contributed by atoms with Gasteiger partial charge in [-0.1, -0.05) is 29.3 Å². The summed E-state index contributed by atoms with van der Waals surface area (Å²) in [4.78, 5) is 11.0. The van der Waals surface area contributed by atoms with Crippen LogP contribution in [0, 0.1) is 5.82 Å². The summed E-state index contributed by atoms with van der Waals surface area (Å²) in [6, 6.07) is 9.44. The van der Waals surface area contributed by atoms with Crippen LogP contribution in [0.3, 0.4) is 0 Å². The molecule has 0 heterocycles. The van der Waals surface area contributed by atoms with Gasteiger partial charge in [0.05, 0.1) is 10.7 Å². The summed E-state index contributed by atoms with van der Waals surface area (Å²) in [5.41, 5.74) is 2.10. The van der Waals surface area contributed by atoms with E-state index in [1.165, 1.54) is 19.1 Å². The first-order valence-electron chi connectivity index (χ1n) is 6.20. The number of amides is 1. The van der Waals surface area contributed by atoms with Gasteiger partial charge < -0.3 is 10.6 Å². The zero-order valence-corrected chi connectivity index (χ0v) is 12.7. The van der Waals surface area contributed by atoms with E-state index in [2.05, 4.69) is 10.6 Å². The normalized spacial score (nSPS) is 10.3. The molecule has 21 heavy (non-hydrogen) atoms. The molecule has 0 bridgehead atoms. The van der Waals surface area contributed by atoms with Gasteiger partial charge in [-0.2, -0.15) is 0 Å². The van der Waals surface area contributed by atoms with Crippen LogP contribution in [0.4, 0.5) is 15.8 Å². The van der Waals surface area contributed by atoms with Gasteiger partial charge in [-0.15, -0.1) is 0 Å². The van der Waals surface area contributed by atoms with Crippen molar-refractivity contribution in [3.8, 4) is 0 Å². The third kappa shape index (κ3) is 4.34. The van der Waals surface area contributed by atoms with E-state index in [9.17, 15) is 9.18 Å². The average Bonchev–Trinajstić information content (AvgIpc) is 2.40. The van der Waals surface area contributed by atoms with Crippen molar-refractivity contribution in [2.45, 2.75) is 13.5 Å². The number of benzene rings is 2. The van der Waals surface area contributed by atoms with E-state index in [4.69, 9.17) is 23.2 Å². The number of halogens is 3. The van der Waals surface area contributed by atoms with E-state index in [-0.39, 0.29) is 11.7 Å². The van der Waals surface area contributed by atoms with Crippen molar-refractivity contribution < 1.29 is 9.18 Å². The minimum atomic E-state index is -0.369. The van der Waals surface area contributed by atoms with E-state index < -0.39 is 0 Å². The molecule has 3 nitrogen and oxygen atoms in total. The van der Waals surface area contributed by atoms with Crippen molar-refractivity contribution in [3.05, 3.63) is 57.8 Å². The van der Waals surface area contributed by atoms with Crippen molar-refractivity contribution >= 4 is 40.5 Å². The molecule has 0 unspecified atom stereocenters. The second-order valence-electron chi connectivity index (χ2n) is 4.47. The van der Waals surface area contributed by atoms with Crippen molar-refractivity contribution in [3.63, 3.8) is 0 Å². The smallest absolute Gasteiger partial charge is 0.221 e. The summed E-state index contributed by atoms with van der Waals surface area (Å²) in [7, 11) is 0. The molecule has 0 fully saturated rings. The fourth-order valence-corrected chi connectivity index (χ4v) is 2.24. The van der Waals surface area contributed by atoms with E-state index in [1.54, 1.807) is 24.3 Å². The topological polar surface area (TPSA) is 41.1 Å². The van der Waals surface area contributed by atoms with Crippen LogP contribution >= 0.6 is 23.2 Å². The van der Waals surface area contributed by atoms with E-state index in [0.717, 1.165) is 11.3 Å². The molecule has 2 N–H and O–H groups in total. The standard InChI is InChI=1S/C15H13Cl2FN2O/c1-9(21)20-15-5-4-12(7-14(15)17)19-8-10-2-3-11(18)6-13(10)16/h2-7,19H,8H2,1H3,(H,20,21). The van der Waals surface area contributed by atoms with Gasteiger partial charge in [-0.25, -0.2) is 4.39 Å². The predicted octanol–water partition coefficient (Wildman–Crippen LogP) is 4.70. The molecule has 2 aromatic carbocycles. The van der Waals surface area contributed by atoms with Crippen molar-refractivity contribution in [2.75, 3.05) is 10.6 Å². The minimum absolute atomic E-state index is 0.185. The van der Waals surface area contributed by atoms with Crippen molar-refractivity contribution in [1.29, 1.82) is 0 Å². The van der Waals surface area contributed by atoms with Crippen LogP contribution in [0.1, 0.15) is 12.5 Å². The molecule has 6 heteroatoms. The van der Waals surface area contributed by atoms with Gasteiger partial charge >= 0.3 is 0 Å². The third-order valence-electron chi connectivity index (χ3n) is 2.78. The summed E-state index contributed by atoms with van der Waals surface area (Å²) in [5.74, 6) is -0.554. The summed E-state index contributed by atoms with van der Waals surface area (Å²) in [6.45, 7) is 1.86. The van der Waals surface area contributed by atoms with Gasteiger partial charge in [0.15, 0.2) is 0 Å². The predicted molar refractivity (Wildman–Crippen MR) is 84.5 cm³/mol. The second-order valence-corrected chi connectivity index (χ2v) is 5.28. The Morgan fingerprint density at radius 3 is 2.52 bits per heavy atom. The number of anilines is 2. The largest absolute Gasteiger partial charge is 0.381 e. The van der Waals surface area contributed by atoms with Gasteiger partial charge in [0.1, 0.15) is 5.82 Å². The molecule has 1 amide bonds. The highest BCUT2D eigenvalue weighted by molar-refractivity contribution is 6.34. The highest BCUT2D eigenvalue weighted by Gasteiger charge is 2.05. The summed E-state index contributed by atoms with van der Waals surface area (Å²) >= 11 is 12.0. The first-order valence-corrected chi connectivity index (χ1v) is 6.96. The van der Waals surface area contributed by atoms with Gasteiger partial charge in [0.2, 0.25) is 5.91 Å². The quantitative estimate of drug-likeness (QED) is 0.854. The lowest BCUT2D eigenvalue weighted by atomic mass is 10.2. The molecule has 0 aliphatic carbocycles. The van der Waals surface area contributed by atoms with E-state index >= 15 is 0 Å². The van der Waals surface area contributed by atoms with Crippen LogP contribution in [-0.2, 0) is 11.3 Å². The van der Waals surface area contributed by atoms with Crippen LogP contribution < -0.4 is 10.6 Å². The maximum Gasteiger partial charge on any atom is 0.221 e. The molecule has 2 rings (SSSR count). The number of hydrogen-bond donors (Lipinski definition) is 2. The minimum Gasteiger partial charge on any atom is -0.381 e. The Balaban J connectivity index is 2.06. The molecule has 110 valence electrons. The van der Waals surface area contributed by atoms with Crippen molar-refractivity contribution in [1.82, 2.24) is 0 Å². The summed E-state index contributed by atoms with van der Waals surface area (Å²) < 4.78 is 13.0. The molecule has 0 radical (unpaired) electrons. The molecule has 0 atom stereocenters. The van der Waals surface area contributed by atoms with Crippen LogP contribution in [0.2, 0.25) is 10.0 Å². The average molecular weight is 327 g/mol. The fourth-order valence-electron chi connectivity index (χ4n) is 1.78. The highest BCUT2D eigenvalue weighted by atomic mass is 35.5. The molecular formula is C15H13Cl2FN2O. The Hall–Kier alpha value is -1.78. The van der Waals surface area contributed by atoms with E-state index in [0.29, 0.717) is 22.3 Å². The monoisotopic (exact) mass is 326 g/mol. The molecule has 2 aromatic rings. The first kappa shape index (κ1) is 15.6. The Kier molecular flexibility index (Phi) is 5.04. The van der Waals surface area contributed by atoms with E-state index in [1.807, 2.05) is 0 Å². The van der Waals surface area contributed by atoms with Crippen LogP contribution in [0.15, 0.2) is 36.4 Å². The summed E-state index contributed by atoms with van der Waals surface area (Å²) in [6.07, 6.45) is 0. The van der Waals surface area contributed by atoms with Crippen LogP contribution in [-0.4, -0.2) is 5.91 Å². The SMILES string of the molecule is CC(=O)Nc1ccc(NCc2ccc(F)cc2Cl)cc1Cl. The number of carbonyl (C=O) groups excluding carboxylic acids is 1. The Labute approximate surface area is 132 Å². The lowest BCUT2D eigenvalue weighted by Gasteiger charge is -2.11. The highest BCUT2D eigenvalue weighted by Crippen LogP contribution is 2.26. The Morgan fingerprint density at radius 2 is 1.90 bits per heavy atom. The summed E-state index contributed by atoms with van der Waals surface area (Å²) in [5, 5.41) is 6.56. The van der Waals surface area contributed by atoms with Gasteiger partial charge in [0, 0.05) is 24.2 Å². The number of rotatable bonds is 4. The lowest BCUT2D eigenvalue weighted by Crippen LogP contribution is -2.06. The van der Waals surface area contributed by atoms with Crippen LogP contribution in [0.25, 0.3) is 0 Å². The molecule has 0 spiro atoms. The number of carbonyl (C=O) groups is 1. The molecule has 0 aliphatic heterocycles. The first-order chi connectivity index (χ1) is 9.95. The molecule has 0 aliphatic rings. The zero-order chi connectivity index (χ0) is 15.4. The fraction of sp³-hybridized carbons (Fsp3) is 0.133. The number of hydrogen-bond acceptors (Lipinski definition) is 2. The van der Waals surface area contributed by atoms with Gasteiger partial charge in [-0.05, 0) is 35.9 Å². The van der Waals surface area contributed by atoms with Gasteiger partial charge in [0.25, 0.3) is 0 Å². The Bertz CT molecular complexity index is 677. The van der Waals surface area contributed by atoms with Crippen molar-refractivity contribution in [2.24, 2.45) is 0 Å². The van der Waals surface area contributed by atoms with Crippen LogP contribution in [0.5, 0.6) is 0 Å². The molecule has 0 saturated heterocycles. The molecule has 0 saturated carbocycles. The lowest BCUT2D eigenvalue weighted by molar-refractivity contribution is -0.114. The van der Waals surface area contributed by atoms with Gasteiger partial charge in [-0.3, -0.25) is 4.79 Å². The number of nitrogens with one attached hydrogen (secondary N) is 2. The maximum atomic E-state index is 13.0. The molecular weight excluding hydrogens is 314 g/mol.